The first-order valence-corrected chi connectivity index (χ1v) is 6.48. The van der Waals surface area contributed by atoms with Crippen LogP contribution in [0.25, 0.3) is 0 Å². The fraction of sp³-hybridized carbons (Fsp3) is 0.769. The molecule has 2 rings (SSSR count). The number of hydrogen-bond acceptors (Lipinski definition) is 2. The summed E-state index contributed by atoms with van der Waals surface area (Å²) in [4.78, 5) is 4.53. The lowest BCUT2D eigenvalue weighted by Gasteiger charge is -2.13. The summed E-state index contributed by atoms with van der Waals surface area (Å²) in [7, 11) is 0. The zero-order valence-corrected chi connectivity index (χ0v) is 10.7. The lowest BCUT2D eigenvalue weighted by atomic mass is 10.1. The third-order valence-electron chi connectivity index (χ3n) is 3.37. The third-order valence-corrected chi connectivity index (χ3v) is 3.37. The van der Waals surface area contributed by atoms with Crippen molar-refractivity contribution >= 4 is 5.95 Å². The van der Waals surface area contributed by atoms with Gasteiger partial charge in [-0.2, -0.15) is 0 Å². The van der Waals surface area contributed by atoms with Crippen molar-refractivity contribution in [3.63, 3.8) is 0 Å². The molecule has 16 heavy (non-hydrogen) atoms. The molecule has 1 N–H and O–H groups in total. The number of anilines is 1. The van der Waals surface area contributed by atoms with Crippen molar-refractivity contribution in [2.24, 2.45) is 11.8 Å². The summed E-state index contributed by atoms with van der Waals surface area (Å²) in [6, 6.07) is 0. The Kier molecular flexibility index (Phi) is 3.52. The molecule has 1 saturated carbocycles. The maximum atomic E-state index is 4.53. The van der Waals surface area contributed by atoms with Gasteiger partial charge in [0.1, 0.15) is 0 Å². The van der Waals surface area contributed by atoms with Crippen LogP contribution in [-0.4, -0.2) is 16.1 Å². The minimum atomic E-state index is 0.784. The molecule has 1 heterocycles. The average molecular weight is 221 g/mol. The molecule has 0 aromatic carbocycles. The molecule has 3 heteroatoms. The topological polar surface area (TPSA) is 29.9 Å². The van der Waals surface area contributed by atoms with Crippen LogP contribution in [-0.2, 0) is 6.54 Å². The van der Waals surface area contributed by atoms with E-state index in [0.29, 0.717) is 0 Å². The van der Waals surface area contributed by atoms with Gasteiger partial charge >= 0.3 is 0 Å². The molecule has 0 saturated heterocycles. The Morgan fingerprint density at radius 2 is 2.31 bits per heavy atom. The highest BCUT2D eigenvalue weighted by molar-refractivity contribution is 5.28. The minimum absolute atomic E-state index is 0.784. The zero-order chi connectivity index (χ0) is 11.5. The molecule has 0 bridgehead atoms. The highest BCUT2D eigenvalue weighted by atomic mass is 15.2. The van der Waals surface area contributed by atoms with Gasteiger partial charge in [-0.1, -0.05) is 13.8 Å². The van der Waals surface area contributed by atoms with Gasteiger partial charge < -0.3 is 9.88 Å². The summed E-state index contributed by atoms with van der Waals surface area (Å²) in [5.41, 5.74) is 1.11. The standard InChI is InChI=1S/C13H23N3/c1-4-7-16-9-11(3)15-13(16)14-8-10(2)12-5-6-12/h9-10,12H,4-8H2,1-3H3,(H,14,15). The van der Waals surface area contributed by atoms with Gasteiger partial charge in [-0.3, -0.25) is 0 Å². The van der Waals surface area contributed by atoms with E-state index in [1.807, 2.05) is 0 Å². The van der Waals surface area contributed by atoms with Gasteiger partial charge in [0.2, 0.25) is 5.95 Å². The van der Waals surface area contributed by atoms with Crippen LogP contribution in [0, 0.1) is 18.8 Å². The lowest BCUT2D eigenvalue weighted by molar-refractivity contribution is 0.532. The number of aryl methyl sites for hydroxylation is 2. The number of nitrogens with zero attached hydrogens (tertiary/aromatic N) is 2. The monoisotopic (exact) mass is 221 g/mol. The van der Waals surface area contributed by atoms with E-state index < -0.39 is 0 Å². The Morgan fingerprint density at radius 1 is 1.56 bits per heavy atom. The summed E-state index contributed by atoms with van der Waals surface area (Å²) in [5.74, 6) is 2.79. The minimum Gasteiger partial charge on any atom is -0.355 e. The maximum absolute atomic E-state index is 4.53. The molecule has 3 nitrogen and oxygen atoms in total. The van der Waals surface area contributed by atoms with Gasteiger partial charge in [-0.15, -0.1) is 0 Å². The van der Waals surface area contributed by atoms with E-state index in [-0.39, 0.29) is 0 Å². The lowest BCUT2D eigenvalue weighted by Crippen LogP contribution is -2.16. The molecule has 1 unspecified atom stereocenters. The highest BCUT2D eigenvalue weighted by Crippen LogP contribution is 2.36. The second-order valence-corrected chi connectivity index (χ2v) is 5.09. The molecule has 1 fully saturated rings. The van der Waals surface area contributed by atoms with Crippen LogP contribution in [0.5, 0.6) is 0 Å². The number of nitrogens with one attached hydrogen (secondary N) is 1. The molecular formula is C13H23N3. The summed E-state index contributed by atoms with van der Waals surface area (Å²) in [6.45, 7) is 8.71. The second-order valence-electron chi connectivity index (χ2n) is 5.09. The first-order valence-electron chi connectivity index (χ1n) is 6.48. The fourth-order valence-electron chi connectivity index (χ4n) is 2.18. The van der Waals surface area contributed by atoms with Crippen LogP contribution in [0.3, 0.4) is 0 Å². The molecule has 0 radical (unpaired) electrons. The van der Waals surface area contributed by atoms with Gasteiger partial charge in [-0.25, -0.2) is 4.98 Å². The Morgan fingerprint density at radius 3 is 2.94 bits per heavy atom. The zero-order valence-electron chi connectivity index (χ0n) is 10.7. The van der Waals surface area contributed by atoms with Crippen LogP contribution in [0.1, 0.15) is 38.8 Å². The average Bonchev–Trinajstić information content (AvgIpc) is 3.02. The Hall–Kier alpha value is -0.990. The summed E-state index contributed by atoms with van der Waals surface area (Å²) in [5, 5.41) is 3.49. The number of rotatable bonds is 6. The first-order chi connectivity index (χ1) is 7.70. The molecule has 0 aliphatic heterocycles. The largest absolute Gasteiger partial charge is 0.355 e. The molecule has 1 aromatic heterocycles. The van der Waals surface area contributed by atoms with E-state index >= 15 is 0 Å². The van der Waals surface area contributed by atoms with Gasteiger partial charge in [0, 0.05) is 19.3 Å². The molecule has 0 spiro atoms. The van der Waals surface area contributed by atoms with E-state index in [1.54, 1.807) is 0 Å². The summed E-state index contributed by atoms with van der Waals surface area (Å²) < 4.78 is 2.23. The van der Waals surface area contributed by atoms with Crippen LogP contribution in [0.4, 0.5) is 5.95 Å². The number of imidazole rings is 1. The fourth-order valence-corrected chi connectivity index (χ4v) is 2.18. The van der Waals surface area contributed by atoms with E-state index in [0.717, 1.165) is 43.0 Å². The van der Waals surface area contributed by atoms with Crippen molar-refractivity contribution in [2.75, 3.05) is 11.9 Å². The number of hydrogen-bond donors (Lipinski definition) is 1. The molecule has 1 aromatic rings. The van der Waals surface area contributed by atoms with Crippen LogP contribution in [0.15, 0.2) is 6.20 Å². The SMILES string of the molecule is CCCn1cc(C)nc1NCC(C)C1CC1. The Labute approximate surface area is 98.3 Å². The predicted molar refractivity (Wildman–Crippen MR) is 67.6 cm³/mol. The van der Waals surface area contributed by atoms with Gasteiger partial charge in [-0.05, 0) is 38.0 Å². The quantitative estimate of drug-likeness (QED) is 0.800. The second kappa shape index (κ2) is 4.89. The van der Waals surface area contributed by atoms with E-state index in [9.17, 15) is 0 Å². The maximum Gasteiger partial charge on any atom is 0.203 e. The van der Waals surface area contributed by atoms with Crippen molar-refractivity contribution in [1.29, 1.82) is 0 Å². The normalized spacial score (nSPS) is 17.4. The van der Waals surface area contributed by atoms with Crippen molar-refractivity contribution in [1.82, 2.24) is 9.55 Å². The van der Waals surface area contributed by atoms with Gasteiger partial charge in [0.25, 0.3) is 0 Å². The van der Waals surface area contributed by atoms with Gasteiger partial charge in [0.15, 0.2) is 0 Å². The number of aromatic nitrogens is 2. The smallest absolute Gasteiger partial charge is 0.203 e. The van der Waals surface area contributed by atoms with Crippen molar-refractivity contribution in [3.05, 3.63) is 11.9 Å². The first kappa shape index (κ1) is 11.5. The van der Waals surface area contributed by atoms with Crippen molar-refractivity contribution in [3.8, 4) is 0 Å². The Balaban J connectivity index is 1.91. The molecular weight excluding hydrogens is 198 g/mol. The van der Waals surface area contributed by atoms with E-state index in [2.05, 4.69) is 41.8 Å². The summed E-state index contributed by atoms with van der Waals surface area (Å²) in [6.07, 6.45) is 6.13. The molecule has 90 valence electrons. The van der Waals surface area contributed by atoms with Crippen molar-refractivity contribution in [2.45, 2.75) is 46.6 Å². The molecule has 1 atom stereocenters. The predicted octanol–water partition coefficient (Wildman–Crippen LogP) is 3.06. The van der Waals surface area contributed by atoms with Gasteiger partial charge in [0.05, 0.1) is 5.69 Å². The van der Waals surface area contributed by atoms with Crippen molar-refractivity contribution < 1.29 is 0 Å². The van der Waals surface area contributed by atoms with Crippen LogP contribution in [0.2, 0.25) is 0 Å². The highest BCUT2D eigenvalue weighted by Gasteiger charge is 2.27. The summed E-state index contributed by atoms with van der Waals surface area (Å²) >= 11 is 0. The van der Waals surface area contributed by atoms with Crippen LogP contribution >= 0.6 is 0 Å². The van der Waals surface area contributed by atoms with Crippen LogP contribution < -0.4 is 5.32 Å². The van der Waals surface area contributed by atoms with E-state index in [1.165, 1.54) is 12.8 Å². The molecule has 0 amide bonds. The third kappa shape index (κ3) is 2.77. The molecule has 1 aliphatic rings. The van der Waals surface area contributed by atoms with E-state index in [4.69, 9.17) is 0 Å². The molecule has 1 aliphatic carbocycles. The Bertz CT molecular complexity index is 339.